The van der Waals surface area contributed by atoms with E-state index in [9.17, 15) is 0 Å². The van der Waals surface area contributed by atoms with Crippen LogP contribution in [0.1, 0.15) is 37.8 Å². The van der Waals surface area contributed by atoms with Gasteiger partial charge in [-0.05, 0) is 43.5 Å². The topological polar surface area (TPSA) is 12.0 Å². The van der Waals surface area contributed by atoms with E-state index in [0.29, 0.717) is 6.04 Å². The molecule has 2 unspecified atom stereocenters. The van der Waals surface area contributed by atoms with Gasteiger partial charge in [0.1, 0.15) is 0 Å². The Morgan fingerprint density at radius 2 is 2.00 bits per heavy atom. The summed E-state index contributed by atoms with van der Waals surface area (Å²) in [5.41, 5.74) is 1.46. The zero-order chi connectivity index (χ0) is 12.1. The first kappa shape index (κ1) is 13.0. The summed E-state index contributed by atoms with van der Waals surface area (Å²) in [6.07, 6.45) is 6.24. The highest BCUT2D eigenvalue weighted by Crippen LogP contribution is 2.40. The van der Waals surface area contributed by atoms with Crippen LogP contribution >= 0.6 is 11.8 Å². The number of rotatable bonds is 7. The molecule has 0 aliphatic heterocycles. The monoisotopic (exact) mass is 249 g/mol. The third-order valence-corrected chi connectivity index (χ3v) is 4.61. The maximum absolute atomic E-state index is 3.75. The van der Waals surface area contributed by atoms with Crippen molar-refractivity contribution in [3.05, 3.63) is 35.9 Å². The number of nitrogens with one attached hydrogen (secondary N) is 1. The van der Waals surface area contributed by atoms with Crippen LogP contribution in [0.2, 0.25) is 0 Å². The maximum Gasteiger partial charge on any atom is 0.0348 e. The molecule has 1 aromatic rings. The fraction of sp³-hybridized carbons (Fsp3) is 0.600. The molecular weight excluding hydrogens is 226 g/mol. The molecule has 0 amide bonds. The van der Waals surface area contributed by atoms with Gasteiger partial charge in [-0.2, -0.15) is 11.8 Å². The van der Waals surface area contributed by atoms with Crippen LogP contribution in [-0.2, 0) is 0 Å². The van der Waals surface area contributed by atoms with Crippen molar-refractivity contribution in [3.8, 4) is 0 Å². The van der Waals surface area contributed by atoms with E-state index in [1.165, 1.54) is 24.8 Å². The average molecular weight is 249 g/mol. The minimum atomic E-state index is 0.588. The van der Waals surface area contributed by atoms with Crippen molar-refractivity contribution >= 4 is 11.8 Å². The fourth-order valence-corrected chi connectivity index (χ4v) is 2.56. The third kappa shape index (κ3) is 4.04. The highest BCUT2D eigenvalue weighted by atomic mass is 32.2. The van der Waals surface area contributed by atoms with Crippen molar-refractivity contribution in [2.75, 3.05) is 12.8 Å². The van der Waals surface area contributed by atoms with Gasteiger partial charge in [-0.1, -0.05) is 37.3 Å². The van der Waals surface area contributed by atoms with Crippen LogP contribution < -0.4 is 5.32 Å². The van der Waals surface area contributed by atoms with E-state index in [2.05, 4.69) is 48.8 Å². The van der Waals surface area contributed by atoms with Crippen LogP contribution in [0.15, 0.2) is 30.3 Å². The highest BCUT2D eigenvalue weighted by molar-refractivity contribution is 7.99. The van der Waals surface area contributed by atoms with Crippen molar-refractivity contribution < 1.29 is 0 Å². The van der Waals surface area contributed by atoms with Crippen LogP contribution in [0.4, 0.5) is 0 Å². The lowest BCUT2D eigenvalue weighted by Gasteiger charge is -2.19. The molecule has 94 valence electrons. The van der Waals surface area contributed by atoms with Crippen molar-refractivity contribution in [1.29, 1.82) is 0 Å². The van der Waals surface area contributed by atoms with E-state index < -0.39 is 0 Å². The predicted molar refractivity (Wildman–Crippen MR) is 77.5 cm³/mol. The van der Waals surface area contributed by atoms with E-state index in [-0.39, 0.29) is 0 Å². The molecule has 1 saturated carbocycles. The summed E-state index contributed by atoms with van der Waals surface area (Å²) < 4.78 is 0. The van der Waals surface area contributed by atoms with Crippen molar-refractivity contribution in [1.82, 2.24) is 5.32 Å². The molecule has 1 fully saturated rings. The lowest BCUT2D eigenvalue weighted by atomic mass is 10.0. The molecule has 2 heteroatoms. The molecule has 1 aromatic carbocycles. The molecule has 0 spiro atoms. The second kappa shape index (κ2) is 6.46. The van der Waals surface area contributed by atoms with Crippen molar-refractivity contribution in [3.63, 3.8) is 0 Å². The lowest BCUT2D eigenvalue weighted by molar-refractivity contribution is 0.475. The molecule has 17 heavy (non-hydrogen) atoms. The minimum Gasteiger partial charge on any atom is -0.310 e. The maximum atomic E-state index is 3.75. The summed E-state index contributed by atoms with van der Waals surface area (Å²) >= 11 is 1.96. The number of hydrogen-bond acceptors (Lipinski definition) is 2. The first-order valence-corrected chi connectivity index (χ1v) is 7.91. The Hall–Kier alpha value is -0.470. The van der Waals surface area contributed by atoms with Gasteiger partial charge in [0.2, 0.25) is 0 Å². The fourth-order valence-electron chi connectivity index (χ4n) is 2.21. The van der Waals surface area contributed by atoms with E-state index in [4.69, 9.17) is 0 Å². The van der Waals surface area contributed by atoms with Gasteiger partial charge in [-0.3, -0.25) is 0 Å². The Morgan fingerprint density at radius 1 is 1.29 bits per heavy atom. The van der Waals surface area contributed by atoms with Crippen molar-refractivity contribution in [2.45, 2.75) is 37.5 Å². The second-order valence-corrected chi connectivity index (χ2v) is 6.29. The zero-order valence-electron chi connectivity index (χ0n) is 10.9. The van der Waals surface area contributed by atoms with Gasteiger partial charge in [-0.25, -0.2) is 0 Å². The standard InChI is InChI=1S/C15H23NS/c1-12(17-2)10-11-16-15(14-8-9-14)13-6-4-3-5-7-13/h3-7,12,14-16H,8-11H2,1-2H3. The molecule has 0 radical (unpaired) electrons. The van der Waals surface area contributed by atoms with Gasteiger partial charge >= 0.3 is 0 Å². The van der Waals surface area contributed by atoms with E-state index in [0.717, 1.165) is 17.7 Å². The molecule has 0 bridgehead atoms. The lowest BCUT2D eigenvalue weighted by Crippen LogP contribution is -2.25. The van der Waals surface area contributed by atoms with Gasteiger partial charge in [-0.15, -0.1) is 0 Å². The second-order valence-electron chi connectivity index (χ2n) is 5.01. The minimum absolute atomic E-state index is 0.588. The summed E-state index contributed by atoms with van der Waals surface area (Å²) in [5, 5.41) is 4.51. The van der Waals surface area contributed by atoms with Crippen LogP contribution in [0.5, 0.6) is 0 Å². The Labute approximate surface area is 109 Å². The van der Waals surface area contributed by atoms with E-state index >= 15 is 0 Å². The smallest absolute Gasteiger partial charge is 0.0348 e. The Kier molecular flexibility index (Phi) is 4.93. The van der Waals surface area contributed by atoms with Crippen LogP contribution in [0.3, 0.4) is 0 Å². The Balaban J connectivity index is 1.86. The highest BCUT2D eigenvalue weighted by Gasteiger charge is 2.31. The quantitative estimate of drug-likeness (QED) is 0.787. The first-order valence-electron chi connectivity index (χ1n) is 6.62. The molecule has 1 aliphatic carbocycles. The van der Waals surface area contributed by atoms with Crippen molar-refractivity contribution in [2.24, 2.45) is 5.92 Å². The molecule has 2 rings (SSSR count). The molecule has 1 aliphatic rings. The summed E-state index contributed by atoms with van der Waals surface area (Å²) in [7, 11) is 0. The van der Waals surface area contributed by atoms with Gasteiger partial charge in [0.15, 0.2) is 0 Å². The average Bonchev–Trinajstić information content (AvgIpc) is 3.19. The Morgan fingerprint density at radius 3 is 2.59 bits per heavy atom. The number of thioether (sulfide) groups is 1. The molecule has 0 saturated heterocycles. The SMILES string of the molecule is CSC(C)CCNC(c1ccccc1)C1CC1. The van der Waals surface area contributed by atoms with E-state index in [1.54, 1.807) is 0 Å². The first-order chi connectivity index (χ1) is 8.31. The predicted octanol–water partition coefficient (Wildman–Crippen LogP) is 3.87. The summed E-state index contributed by atoms with van der Waals surface area (Å²) in [6, 6.07) is 11.5. The normalized spacial score (nSPS) is 18.9. The van der Waals surface area contributed by atoms with Gasteiger partial charge in [0.25, 0.3) is 0 Å². The van der Waals surface area contributed by atoms with Crippen LogP contribution in [-0.4, -0.2) is 18.1 Å². The molecule has 0 heterocycles. The third-order valence-electron chi connectivity index (χ3n) is 3.57. The van der Waals surface area contributed by atoms with Gasteiger partial charge < -0.3 is 5.32 Å². The molecular formula is C15H23NS. The summed E-state index contributed by atoms with van der Waals surface area (Å²) in [4.78, 5) is 0. The zero-order valence-corrected chi connectivity index (χ0v) is 11.7. The summed E-state index contributed by atoms with van der Waals surface area (Å²) in [6.45, 7) is 3.44. The summed E-state index contributed by atoms with van der Waals surface area (Å²) in [5.74, 6) is 0.877. The largest absolute Gasteiger partial charge is 0.310 e. The molecule has 2 atom stereocenters. The number of hydrogen-bond donors (Lipinski definition) is 1. The number of benzene rings is 1. The van der Waals surface area contributed by atoms with E-state index in [1.807, 2.05) is 11.8 Å². The van der Waals surface area contributed by atoms with Crippen LogP contribution in [0, 0.1) is 5.92 Å². The van der Waals surface area contributed by atoms with Gasteiger partial charge in [0.05, 0.1) is 0 Å². The Bertz CT molecular complexity index is 321. The molecule has 1 N–H and O–H groups in total. The van der Waals surface area contributed by atoms with Crippen LogP contribution in [0.25, 0.3) is 0 Å². The van der Waals surface area contributed by atoms with Gasteiger partial charge in [0, 0.05) is 11.3 Å². The molecule has 0 aromatic heterocycles. The molecule has 1 nitrogen and oxygen atoms in total.